The van der Waals surface area contributed by atoms with Gasteiger partial charge in [0, 0.05) is 17.8 Å². The molecule has 0 saturated heterocycles. The van der Waals surface area contributed by atoms with Crippen molar-refractivity contribution in [2.45, 2.75) is 14.7 Å². The van der Waals surface area contributed by atoms with Gasteiger partial charge in [-0.3, -0.25) is 4.79 Å². The van der Waals surface area contributed by atoms with Crippen LogP contribution in [-0.4, -0.2) is 10.8 Å². The first-order valence-corrected chi connectivity index (χ1v) is 12.0. The molecule has 148 valence electrons. The molecule has 1 aromatic heterocycles. The minimum atomic E-state index is -1.50. The van der Waals surface area contributed by atoms with E-state index in [0.717, 1.165) is 21.8 Å². The Hall–Kier alpha value is -3.30. The van der Waals surface area contributed by atoms with Gasteiger partial charge < -0.3 is 4.57 Å². The van der Waals surface area contributed by atoms with E-state index in [-0.39, 0.29) is 5.43 Å². The zero-order valence-corrected chi connectivity index (χ0v) is 17.9. The number of aromatic nitrogens is 1. The van der Waals surface area contributed by atoms with Crippen molar-refractivity contribution >= 4 is 31.8 Å². The fourth-order valence-corrected chi connectivity index (χ4v) is 7.18. The van der Waals surface area contributed by atoms with E-state index in [1.165, 1.54) is 14.7 Å². The second-order valence-electron chi connectivity index (χ2n) is 7.63. The Balaban J connectivity index is 1.85. The Morgan fingerprint density at radius 3 is 1.77 bits per heavy atom. The van der Waals surface area contributed by atoms with Crippen LogP contribution in [0.5, 0.6) is 0 Å². The molecule has 0 N–H and O–H groups in total. The SMILES string of the molecule is Cn1c2ccccc2c(=O)c2cc(S(C)(c3ccccc3)c3ccccc3)ccc21. The molecule has 3 heteroatoms. The molecular formula is C27H23NOS. The van der Waals surface area contributed by atoms with E-state index in [2.05, 4.69) is 89.7 Å². The third-order valence-corrected chi connectivity index (χ3v) is 9.61. The smallest absolute Gasteiger partial charge is 0.197 e. The summed E-state index contributed by atoms with van der Waals surface area (Å²) in [5.41, 5.74) is 2.03. The summed E-state index contributed by atoms with van der Waals surface area (Å²) in [5, 5.41) is 1.54. The molecule has 0 unspecified atom stereocenters. The van der Waals surface area contributed by atoms with Crippen molar-refractivity contribution < 1.29 is 0 Å². The molecule has 4 aromatic carbocycles. The zero-order chi connectivity index (χ0) is 20.7. The van der Waals surface area contributed by atoms with Gasteiger partial charge in [0.05, 0.1) is 11.0 Å². The maximum atomic E-state index is 13.4. The third kappa shape index (κ3) is 2.78. The normalized spacial score (nSPS) is 12.3. The van der Waals surface area contributed by atoms with E-state index >= 15 is 0 Å². The predicted molar refractivity (Wildman–Crippen MR) is 128 cm³/mol. The standard InChI is InChI=1S/C27H23NOS/c1-28-25-16-10-9-15-23(25)27(29)24-19-22(17-18-26(24)28)30(2,20-11-5-3-6-12-20)21-13-7-4-8-14-21/h3-19H,1-2H3. The van der Waals surface area contributed by atoms with Crippen molar-refractivity contribution in [1.82, 2.24) is 4.57 Å². The molecule has 0 aliphatic rings. The molecule has 0 amide bonds. The molecule has 5 aromatic rings. The van der Waals surface area contributed by atoms with Crippen molar-refractivity contribution in [2.75, 3.05) is 6.26 Å². The monoisotopic (exact) mass is 409 g/mol. The molecule has 2 nitrogen and oxygen atoms in total. The minimum absolute atomic E-state index is 0.100. The van der Waals surface area contributed by atoms with Crippen molar-refractivity contribution in [3.05, 3.63) is 113 Å². The Kier molecular flexibility index (Phi) is 4.48. The number of benzene rings is 4. The number of rotatable bonds is 3. The van der Waals surface area contributed by atoms with Crippen LogP contribution in [0.15, 0.2) is 123 Å². The van der Waals surface area contributed by atoms with Gasteiger partial charge >= 0.3 is 0 Å². The number of para-hydroxylation sites is 1. The second-order valence-corrected chi connectivity index (χ2v) is 10.9. The first kappa shape index (κ1) is 18.7. The van der Waals surface area contributed by atoms with Crippen molar-refractivity contribution in [2.24, 2.45) is 7.05 Å². The molecule has 0 aliphatic heterocycles. The summed E-state index contributed by atoms with van der Waals surface area (Å²) in [7, 11) is 0.534. The van der Waals surface area contributed by atoms with Gasteiger partial charge in [0.2, 0.25) is 0 Å². The van der Waals surface area contributed by atoms with E-state index < -0.39 is 10.0 Å². The largest absolute Gasteiger partial charge is 0.343 e. The van der Waals surface area contributed by atoms with Crippen LogP contribution >= 0.6 is 10.0 Å². The third-order valence-electron chi connectivity index (χ3n) is 5.98. The van der Waals surface area contributed by atoms with Crippen LogP contribution in [0.1, 0.15) is 0 Å². The van der Waals surface area contributed by atoms with Crippen LogP contribution in [0.3, 0.4) is 0 Å². The molecule has 0 bridgehead atoms. The lowest BCUT2D eigenvalue weighted by Gasteiger charge is -2.37. The summed E-state index contributed by atoms with van der Waals surface area (Å²) in [4.78, 5) is 17.2. The number of fused-ring (bicyclic) bond motifs is 2. The van der Waals surface area contributed by atoms with Crippen LogP contribution < -0.4 is 5.43 Å². The van der Waals surface area contributed by atoms with E-state index in [1.807, 2.05) is 31.3 Å². The van der Waals surface area contributed by atoms with Gasteiger partial charge in [0.15, 0.2) is 5.43 Å². The highest BCUT2D eigenvalue weighted by molar-refractivity contribution is 8.33. The molecule has 5 rings (SSSR count). The highest BCUT2D eigenvalue weighted by atomic mass is 32.3. The fraction of sp³-hybridized carbons (Fsp3) is 0.0741. The first-order valence-electron chi connectivity index (χ1n) is 10.0. The van der Waals surface area contributed by atoms with Crippen LogP contribution in [0.2, 0.25) is 0 Å². The summed E-state index contributed by atoms with van der Waals surface area (Å²) in [6, 6.07) is 35.6. The summed E-state index contributed by atoms with van der Waals surface area (Å²) in [6.07, 6.45) is 2.32. The van der Waals surface area contributed by atoms with Gasteiger partial charge in [-0.15, -0.1) is 0 Å². The molecule has 0 atom stereocenters. The highest BCUT2D eigenvalue weighted by Gasteiger charge is 2.26. The van der Waals surface area contributed by atoms with Crippen molar-refractivity contribution in [1.29, 1.82) is 0 Å². The van der Waals surface area contributed by atoms with Gasteiger partial charge in [-0.1, -0.05) is 48.5 Å². The van der Waals surface area contributed by atoms with Crippen LogP contribution in [0.4, 0.5) is 0 Å². The molecule has 0 radical (unpaired) electrons. The average Bonchev–Trinajstić information content (AvgIpc) is 2.83. The van der Waals surface area contributed by atoms with Crippen LogP contribution in [-0.2, 0) is 7.05 Å². The lowest BCUT2D eigenvalue weighted by Crippen LogP contribution is -2.10. The van der Waals surface area contributed by atoms with E-state index in [1.54, 1.807) is 0 Å². The van der Waals surface area contributed by atoms with Gasteiger partial charge in [-0.25, -0.2) is 0 Å². The molecule has 0 saturated carbocycles. The average molecular weight is 410 g/mol. The van der Waals surface area contributed by atoms with E-state index in [4.69, 9.17) is 0 Å². The lowest BCUT2D eigenvalue weighted by atomic mass is 10.1. The molecular weight excluding hydrogens is 386 g/mol. The quantitative estimate of drug-likeness (QED) is 0.308. The lowest BCUT2D eigenvalue weighted by molar-refractivity contribution is 1.00. The van der Waals surface area contributed by atoms with Crippen molar-refractivity contribution in [3.8, 4) is 0 Å². The first-order chi connectivity index (χ1) is 14.6. The van der Waals surface area contributed by atoms with Crippen molar-refractivity contribution in [3.63, 3.8) is 0 Å². The number of nitrogens with zero attached hydrogens (tertiary/aromatic N) is 1. The predicted octanol–water partition coefficient (Wildman–Crippen LogP) is 6.60. The van der Waals surface area contributed by atoms with E-state index in [0.29, 0.717) is 0 Å². The van der Waals surface area contributed by atoms with Gasteiger partial charge in [-0.05, 0) is 75.5 Å². The molecule has 30 heavy (non-hydrogen) atoms. The number of pyridine rings is 1. The maximum Gasteiger partial charge on any atom is 0.197 e. The summed E-state index contributed by atoms with van der Waals surface area (Å²) >= 11 is 0. The van der Waals surface area contributed by atoms with Gasteiger partial charge in [0.25, 0.3) is 0 Å². The molecule has 0 spiro atoms. The van der Waals surface area contributed by atoms with Crippen LogP contribution in [0.25, 0.3) is 21.8 Å². The maximum absolute atomic E-state index is 13.4. The number of aryl methyl sites for hydroxylation is 1. The second kappa shape index (κ2) is 7.19. The topological polar surface area (TPSA) is 22.0 Å². The molecule has 0 aliphatic carbocycles. The Morgan fingerprint density at radius 2 is 1.13 bits per heavy atom. The zero-order valence-electron chi connectivity index (χ0n) is 17.1. The minimum Gasteiger partial charge on any atom is -0.343 e. The van der Waals surface area contributed by atoms with Crippen LogP contribution in [0, 0.1) is 0 Å². The Bertz CT molecular complexity index is 1380. The van der Waals surface area contributed by atoms with Gasteiger partial charge in [-0.2, -0.15) is 10.0 Å². The highest BCUT2D eigenvalue weighted by Crippen LogP contribution is 2.65. The fourth-order valence-electron chi connectivity index (χ4n) is 4.27. The summed E-state index contributed by atoms with van der Waals surface area (Å²) < 4.78 is 2.12. The Labute approximate surface area is 177 Å². The summed E-state index contributed by atoms with van der Waals surface area (Å²) in [6.45, 7) is 0. The Morgan fingerprint density at radius 1 is 0.600 bits per heavy atom. The van der Waals surface area contributed by atoms with E-state index in [9.17, 15) is 4.79 Å². The summed E-state index contributed by atoms with van der Waals surface area (Å²) in [5.74, 6) is 0. The van der Waals surface area contributed by atoms with Gasteiger partial charge in [0.1, 0.15) is 0 Å². The molecule has 1 heterocycles. The number of hydrogen-bond acceptors (Lipinski definition) is 1. The molecule has 0 fully saturated rings. The number of hydrogen-bond donors (Lipinski definition) is 0.